The Morgan fingerprint density at radius 3 is 2.50 bits per heavy atom. The van der Waals surface area contributed by atoms with Crippen LogP contribution in [0.2, 0.25) is 0 Å². The fraction of sp³-hybridized carbons (Fsp3) is 0.296. The van der Waals surface area contributed by atoms with Crippen molar-refractivity contribution in [3.63, 3.8) is 0 Å². The number of esters is 1. The van der Waals surface area contributed by atoms with Crippen LogP contribution in [0.3, 0.4) is 0 Å². The van der Waals surface area contributed by atoms with Crippen molar-refractivity contribution < 1.29 is 23.8 Å². The first kappa shape index (κ1) is 26.5. The molecule has 190 valence electrons. The molecule has 0 saturated carbocycles. The van der Waals surface area contributed by atoms with Gasteiger partial charge in [-0.25, -0.2) is 9.18 Å². The van der Waals surface area contributed by atoms with E-state index in [4.69, 9.17) is 4.74 Å². The number of nitrogens with zero attached hydrogens (tertiary/aromatic N) is 1. The van der Waals surface area contributed by atoms with Gasteiger partial charge in [0.05, 0.1) is 19.1 Å². The molecule has 0 fully saturated rings. The van der Waals surface area contributed by atoms with E-state index < -0.39 is 29.4 Å². The summed E-state index contributed by atoms with van der Waals surface area (Å²) in [5, 5.41) is 15.3. The van der Waals surface area contributed by atoms with Gasteiger partial charge in [-0.3, -0.25) is 9.59 Å². The Bertz CT molecular complexity index is 1370. The maximum atomic E-state index is 15.0. The van der Waals surface area contributed by atoms with Crippen molar-refractivity contribution in [1.82, 2.24) is 9.88 Å². The topological polar surface area (TPSA) is 110 Å². The highest BCUT2D eigenvalue weighted by Crippen LogP contribution is 2.34. The third kappa shape index (κ3) is 5.56. The monoisotopic (exact) mass is 495 g/mol. The number of nitrogens with one attached hydrogen (secondary N) is 2. The van der Waals surface area contributed by atoms with Crippen molar-refractivity contribution in [3.8, 4) is 16.9 Å². The van der Waals surface area contributed by atoms with Crippen LogP contribution in [0.5, 0.6) is 5.75 Å². The van der Waals surface area contributed by atoms with Gasteiger partial charge in [-0.2, -0.15) is 0 Å². The van der Waals surface area contributed by atoms with Crippen LogP contribution in [-0.2, 0) is 16.6 Å². The summed E-state index contributed by atoms with van der Waals surface area (Å²) in [4.78, 5) is 37.8. The van der Waals surface area contributed by atoms with E-state index in [9.17, 15) is 23.9 Å². The van der Waals surface area contributed by atoms with Crippen LogP contribution in [0, 0.1) is 26.6 Å². The van der Waals surface area contributed by atoms with E-state index in [2.05, 4.69) is 10.6 Å². The normalized spacial score (nSPS) is 11.6. The van der Waals surface area contributed by atoms with Crippen LogP contribution >= 0.6 is 0 Å². The Hall–Kier alpha value is -4.14. The lowest BCUT2D eigenvalue weighted by atomic mass is 9.89. The lowest BCUT2D eigenvalue weighted by molar-refractivity contribution is -0.143. The van der Waals surface area contributed by atoms with Crippen LogP contribution in [0.25, 0.3) is 11.1 Å². The zero-order chi connectivity index (χ0) is 26.6. The fourth-order valence-corrected chi connectivity index (χ4v) is 4.11. The molecule has 3 N–H and O–H groups in total. The molecule has 0 radical (unpaired) electrons. The molecule has 0 aliphatic heterocycles. The Morgan fingerprint density at radius 1 is 1.14 bits per heavy atom. The molecule has 1 aromatic heterocycles. The number of aryl methyl sites for hydroxylation is 2. The number of benzene rings is 2. The number of pyridine rings is 1. The lowest BCUT2D eigenvalue weighted by Gasteiger charge is -2.23. The molecule has 0 aliphatic rings. The predicted octanol–water partition coefficient (Wildman–Crippen LogP) is 4.64. The first-order valence-electron chi connectivity index (χ1n) is 11.5. The molecule has 8 nitrogen and oxygen atoms in total. The van der Waals surface area contributed by atoms with Crippen LogP contribution in [0.1, 0.15) is 41.8 Å². The first-order valence-corrected chi connectivity index (χ1v) is 11.5. The smallest absolute Gasteiger partial charge is 0.319 e. The number of ether oxygens (including phenoxy) is 1. The number of halogens is 1. The number of amides is 2. The molecule has 1 atom stereocenters. The molecule has 2 amide bonds. The summed E-state index contributed by atoms with van der Waals surface area (Å²) in [6.45, 7) is 7.06. The quantitative estimate of drug-likeness (QED) is 0.414. The molecule has 9 heteroatoms. The van der Waals surface area contributed by atoms with E-state index >= 15 is 0 Å². The Balaban J connectivity index is 2.01. The zero-order valence-corrected chi connectivity index (χ0v) is 20.9. The van der Waals surface area contributed by atoms with Crippen LogP contribution < -0.4 is 16.2 Å². The van der Waals surface area contributed by atoms with Crippen molar-refractivity contribution in [2.75, 3.05) is 11.9 Å². The third-order valence-electron chi connectivity index (χ3n) is 6.12. The summed E-state index contributed by atoms with van der Waals surface area (Å²) >= 11 is 0. The van der Waals surface area contributed by atoms with E-state index in [1.807, 2.05) is 25.1 Å². The van der Waals surface area contributed by atoms with Gasteiger partial charge in [-0.15, -0.1) is 0 Å². The van der Waals surface area contributed by atoms with E-state index in [0.29, 0.717) is 27.9 Å². The number of aromatic hydroxyl groups is 1. The van der Waals surface area contributed by atoms with Gasteiger partial charge < -0.3 is 25.0 Å². The highest BCUT2D eigenvalue weighted by Gasteiger charge is 2.25. The Kier molecular flexibility index (Phi) is 8.14. The number of carbonyl (C=O) groups excluding carboxylic acids is 2. The van der Waals surface area contributed by atoms with Crippen molar-refractivity contribution in [3.05, 3.63) is 81.0 Å². The van der Waals surface area contributed by atoms with Crippen LogP contribution in [0.4, 0.5) is 14.9 Å². The van der Waals surface area contributed by atoms with Gasteiger partial charge in [0, 0.05) is 24.4 Å². The predicted molar refractivity (Wildman–Crippen MR) is 136 cm³/mol. The second kappa shape index (κ2) is 11.1. The molecule has 0 saturated heterocycles. The first-order chi connectivity index (χ1) is 17.0. The van der Waals surface area contributed by atoms with Gasteiger partial charge in [-0.1, -0.05) is 30.3 Å². The van der Waals surface area contributed by atoms with Crippen molar-refractivity contribution in [1.29, 1.82) is 0 Å². The van der Waals surface area contributed by atoms with Gasteiger partial charge in [-0.05, 0) is 56.0 Å². The standard InChI is InChI=1S/C27H30FN3O5/c1-6-36-23(33)14-21(29-27(35)30-25-22(32)13-16(3)31(5)26(25)34)19-11-12-20(28)24(17(19)4)18-10-8-7-9-15(18)2/h7-13,21,32H,6,14H2,1-5H3,(H2,29,30,35). The maximum absolute atomic E-state index is 15.0. The minimum absolute atomic E-state index is 0.155. The number of hydrogen-bond acceptors (Lipinski definition) is 5. The van der Waals surface area contributed by atoms with Gasteiger partial charge in [0.25, 0.3) is 5.56 Å². The number of urea groups is 1. The number of anilines is 1. The maximum Gasteiger partial charge on any atom is 0.319 e. The van der Waals surface area contributed by atoms with Crippen molar-refractivity contribution in [2.24, 2.45) is 7.05 Å². The van der Waals surface area contributed by atoms with Gasteiger partial charge >= 0.3 is 12.0 Å². The van der Waals surface area contributed by atoms with E-state index in [-0.39, 0.29) is 24.5 Å². The molecule has 2 aromatic carbocycles. The molecule has 1 heterocycles. The molecular formula is C27H30FN3O5. The highest BCUT2D eigenvalue weighted by molar-refractivity contribution is 5.91. The number of rotatable bonds is 7. The number of hydrogen-bond donors (Lipinski definition) is 3. The minimum Gasteiger partial charge on any atom is -0.505 e. The fourth-order valence-electron chi connectivity index (χ4n) is 4.11. The summed E-state index contributed by atoms with van der Waals surface area (Å²) in [6, 6.07) is 9.79. The van der Waals surface area contributed by atoms with Crippen LogP contribution in [-0.4, -0.2) is 28.3 Å². The molecular weight excluding hydrogens is 465 g/mol. The Morgan fingerprint density at radius 2 is 1.83 bits per heavy atom. The van der Waals surface area contributed by atoms with E-state index in [1.165, 1.54) is 29.8 Å². The van der Waals surface area contributed by atoms with Gasteiger partial charge in [0.1, 0.15) is 11.6 Å². The van der Waals surface area contributed by atoms with Crippen molar-refractivity contribution >= 4 is 17.7 Å². The Labute approximate surface area is 208 Å². The molecule has 0 bridgehead atoms. The van der Waals surface area contributed by atoms with Crippen molar-refractivity contribution in [2.45, 2.75) is 40.2 Å². The van der Waals surface area contributed by atoms with Crippen LogP contribution in [0.15, 0.2) is 47.3 Å². The molecule has 3 rings (SSSR count). The van der Waals surface area contributed by atoms with E-state index in [1.54, 1.807) is 26.8 Å². The summed E-state index contributed by atoms with van der Waals surface area (Å²) in [5.74, 6) is -1.37. The number of carbonyl (C=O) groups is 2. The summed E-state index contributed by atoms with van der Waals surface area (Å²) in [5.41, 5.74) is 2.61. The molecule has 0 spiro atoms. The minimum atomic E-state index is -0.899. The number of aromatic nitrogens is 1. The zero-order valence-electron chi connectivity index (χ0n) is 20.9. The molecule has 3 aromatic rings. The largest absolute Gasteiger partial charge is 0.505 e. The lowest BCUT2D eigenvalue weighted by Crippen LogP contribution is -2.36. The molecule has 0 aliphatic carbocycles. The van der Waals surface area contributed by atoms with Gasteiger partial charge in [0.2, 0.25) is 0 Å². The highest BCUT2D eigenvalue weighted by atomic mass is 19.1. The van der Waals surface area contributed by atoms with Gasteiger partial charge in [0.15, 0.2) is 5.69 Å². The third-order valence-corrected chi connectivity index (χ3v) is 6.12. The molecule has 1 unspecified atom stereocenters. The summed E-state index contributed by atoms with van der Waals surface area (Å²) < 4.78 is 21.4. The SMILES string of the molecule is CCOC(=O)CC(NC(=O)Nc1c(O)cc(C)n(C)c1=O)c1ccc(F)c(-c2ccccc2C)c1C. The summed E-state index contributed by atoms with van der Waals surface area (Å²) in [6.07, 6.45) is -0.223. The van der Waals surface area contributed by atoms with E-state index in [0.717, 1.165) is 5.56 Å². The second-order valence-corrected chi connectivity index (χ2v) is 8.52. The average Bonchev–Trinajstić information content (AvgIpc) is 2.81. The summed E-state index contributed by atoms with van der Waals surface area (Å²) in [7, 11) is 1.51. The molecule has 36 heavy (non-hydrogen) atoms. The average molecular weight is 496 g/mol. The second-order valence-electron chi connectivity index (χ2n) is 8.52.